The Morgan fingerprint density at radius 2 is 2.08 bits per heavy atom. The number of aromatic nitrogens is 1. The summed E-state index contributed by atoms with van der Waals surface area (Å²) in [5.41, 5.74) is 7.00. The zero-order chi connectivity index (χ0) is 17.6. The Morgan fingerprint density at radius 3 is 2.77 bits per heavy atom. The summed E-state index contributed by atoms with van der Waals surface area (Å²) in [5, 5.41) is 2.74. The van der Waals surface area contributed by atoms with Gasteiger partial charge in [0.05, 0.1) is 5.01 Å². The Kier molecular flexibility index (Phi) is 8.00. The number of carbonyl (C=O) groups is 1. The second-order valence-corrected chi connectivity index (χ2v) is 7.42. The molecule has 142 valence electrons. The highest BCUT2D eigenvalue weighted by atomic mass is 35.5. The number of carbonyl (C=O) groups excluding carboxylic acids is 1. The van der Waals surface area contributed by atoms with Crippen LogP contribution in [0.2, 0.25) is 0 Å². The van der Waals surface area contributed by atoms with Crippen LogP contribution < -0.4 is 5.73 Å². The third kappa shape index (κ3) is 5.25. The van der Waals surface area contributed by atoms with Gasteiger partial charge in [-0.2, -0.15) is 0 Å². The van der Waals surface area contributed by atoms with E-state index < -0.39 is 0 Å². The van der Waals surface area contributed by atoms with Crippen LogP contribution in [0.1, 0.15) is 46.7 Å². The first-order valence-corrected chi connectivity index (χ1v) is 9.75. The largest absolute Gasteiger partial charge is 0.334 e. The highest BCUT2D eigenvalue weighted by Crippen LogP contribution is 2.26. The second kappa shape index (κ2) is 10.00. The third-order valence-corrected chi connectivity index (χ3v) is 5.59. The first-order chi connectivity index (χ1) is 12.2. The van der Waals surface area contributed by atoms with Gasteiger partial charge in [0.1, 0.15) is 11.5 Å². The molecule has 2 aromatic rings. The summed E-state index contributed by atoms with van der Waals surface area (Å²) in [4.78, 5) is 19.4. The van der Waals surface area contributed by atoms with Crippen molar-refractivity contribution in [2.24, 2.45) is 5.73 Å². The number of amides is 1. The zero-order valence-electron chi connectivity index (χ0n) is 14.7. The van der Waals surface area contributed by atoms with E-state index in [1.807, 2.05) is 16.3 Å². The molecule has 1 aliphatic carbocycles. The van der Waals surface area contributed by atoms with Crippen molar-refractivity contribution >= 4 is 29.7 Å². The molecule has 1 heterocycles. The van der Waals surface area contributed by atoms with E-state index in [4.69, 9.17) is 5.73 Å². The van der Waals surface area contributed by atoms with Gasteiger partial charge < -0.3 is 10.6 Å². The SMILES string of the molecule is Cl.NCCc1nc(C(=O)N(CCc2cccc(F)c2)C2CCCC2)cs1. The first-order valence-electron chi connectivity index (χ1n) is 8.87. The van der Waals surface area contributed by atoms with Gasteiger partial charge >= 0.3 is 0 Å². The standard InChI is InChI=1S/C19H24FN3OS.ClH/c20-15-5-3-4-14(12-15)9-11-23(16-6-1-2-7-16)19(24)17-13-25-18(22-17)8-10-21;/h3-5,12-13,16H,1-2,6-11,21H2;1H. The number of hydrogen-bond acceptors (Lipinski definition) is 4. The molecule has 0 saturated heterocycles. The van der Waals surface area contributed by atoms with E-state index in [-0.39, 0.29) is 30.2 Å². The Labute approximate surface area is 164 Å². The monoisotopic (exact) mass is 397 g/mol. The van der Waals surface area contributed by atoms with E-state index in [1.54, 1.807) is 12.1 Å². The van der Waals surface area contributed by atoms with Crippen LogP contribution in [0.15, 0.2) is 29.6 Å². The van der Waals surface area contributed by atoms with Crippen molar-refractivity contribution in [3.8, 4) is 0 Å². The number of rotatable bonds is 7. The van der Waals surface area contributed by atoms with Gasteiger partial charge in [-0.05, 0) is 43.5 Å². The molecular weight excluding hydrogens is 373 g/mol. The maximum atomic E-state index is 13.4. The highest BCUT2D eigenvalue weighted by Gasteiger charge is 2.28. The Balaban J connectivity index is 0.00000243. The van der Waals surface area contributed by atoms with Crippen molar-refractivity contribution in [2.45, 2.75) is 44.6 Å². The summed E-state index contributed by atoms with van der Waals surface area (Å²) in [6.07, 6.45) is 5.74. The van der Waals surface area contributed by atoms with Gasteiger partial charge in [0.2, 0.25) is 0 Å². The van der Waals surface area contributed by atoms with Crippen LogP contribution in [-0.4, -0.2) is 34.9 Å². The number of hydrogen-bond donors (Lipinski definition) is 1. The average molecular weight is 398 g/mol. The van der Waals surface area contributed by atoms with Crippen molar-refractivity contribution in [1.29, 1.82) is 0 Å². The Hall–Kier alpha value is -1.50. The summed E-state index contributed by atoms with van der Waals surface area (Å²) in [6, 6.07) is 6.87. The van der Waals surface area contributed by atoms with Crippen LogP contribution in [-0.2, 0) is 12.8 Å². The van der Waals surface area contributed by atoms with Crippen molar-refractivity contribution in [2.75, 3.05) is 13.1 Å². The normalized spacial score (nSPS) is 14.2. The summed E-state index contributed by atoms with van der Waals surface area (Å²) in [6.45, 7) is 1.13. The lowest BCUT2D eigenvalue weighted by molar-refractivity contribution is 0.0678. The van der Waals surface area contributed by atoms with Crippen molar-refractivity contribution in [1.82, 2.24) is 9.88 Å². The molecule has 0 bridgehead atoms. The molecule has 1 aliphatic rings. The summed E-state index contributed by atoms with van der Waals surface area (Å²) in [5.74, 6) is -0.245. The van der Waals surface area contributed by atoms with E-state index in [0.29, 0.717) is 31.6 Å². The molecular formula is C19H25ClFN3OS. The predicted molar refractivity (Wildman–Crippen MR) is 106 cm³/mol. The number of benzene rings is 1. The lowest BCUT2D eigenvalue weighted by atomic mass is 10.1. The quantitative estimate of drug-likeness (QED) is 0.772. The van der Waals surface area contributed by atoms with Crippen molar-refractivity contribution < 1.29 is 9.18 Å². The molecule has 2 N–H and O–H groups in total. The van der Waals surface area contributed by atoms with Gasteiger partial charge in [-0.25, -0.2) is 9.37 Å². The summed E-state index contributed by atoms with van der Waals surface area (Å²) in [7, 11) is 0. The number of thiazole rings is 1. The molecule has 1 amide bonds. The van der Waals surface area contributed by atoms with Gasteiger partial charge in [0.15, 0.2) is 0 Å². The van der Waals surface area contributed by atoms with Gasteiger partial charge in [0.25, 0.3) is 5.91 Å². The fourth-order valence-electron chi connectivity index (χ4n) is 3.40. The van der Waals surface area contributed by atoms with E-state index in [2.05, 4.69) is 4.98 Å². The summed E-state index contributed by atoms with van der Waals surface area (Å²) < 4.78 is 13.4. The highest BCUT2D eigenvalue weighted by molar-refractivity contribution is 7.09. The van der Waals surface area contributed by atoms with Crippen molar-refractivity contribution in [3.05, 3.63) is 51.7 Å². The number of halogens is 2. The van der Waals surface area contributed by atoms with Crippen LogP contribution in [0.3, 0.4) is 0 Å². The molecule has 0 radical (unpaired) electrons. The summed E-state index contributed by atoms with van der Waals surface area (Å²) >= 11 is 1.49. The molecule has 0 atom stereocenters. The molecule has 0 unspecified atom stereocenters. The minimum absolute atomic E-state index is 0. The van der Waals surface area contributed by atoms with E-state index in [0.717, 1.165) is 36.3 Å². The molecule has 1 aromatic carbocycles. The Morgan fingerprint density at radius 1 is 1.31 bits per heavy atom. The molecule has 3 rings (SSSR count). The maximum Gasteiger partial charge on any atom is 0.273 e. The lowest BCUT2D eigenvalue weighted by Gasteiger charge is -2.28. The maximum absolute atomic E-state index is 13.4. The molecule has 4 nitrogen and oxygen atoms in total. The molecule has 1 saturated carbocycles. The fraction of sp³-hybridized carbons (Fsp3) is 0.474. The van der Waals surface area contributed by atoms with Crippen molar-refractivity contribution in [3.63, 3.8) is 0 Å². The molecule has 1 fully saturated rings. The van der Waals surface area contributed by atoms with E-state index in [1.165, 1.54) is 17.4 Å². The van der Waals surface area contributed by atoms with Crippen LogP contribution in [0, 0.1) is 5.82 Å². The van der Waals surface area contributed by atoms with Gasteiger partial charge in [-0.15, -0.1) is 23.7 Å². The van der Waals surface area contributed by atoms with Crippen LogP contribution in [0.5, 0.6) is 0 Å². The fourth-order valence-corrected chi connectivity index (χ4v) is 4.19. The van der Waals surface area contributed by atoms with Crippen LogP contribution >= 0.6 is 23.7 Å². The molecule has 1 aromatic heterocycles. The second-order valence-electron chi connectivity index (χ2n) is 6.48. The average Bonchev–Trinajstić information content (AvgIpc) is 3.27. The third-order valence-electron chi connectivity index (χ3n) is 4.69. The van der Waals surface area contributed by atoms with E-state index in [9.17, 15) is 9.18 Å². The molecule has 7 heteroatoms. The van der Waals surface area contributed by atoms with Gasteiger partial charge in [0, 0.05) is 24.4 Å². The topological polar surface area (TPSA) is 59.2 Å². The lowest BCUT2D eigenvalue weighted by Crippen LogP contribution is -2.40. The Bertz CT molecular complexity index is 718. The van der Waals surface area contributed by atoms with Crippen LogP contribution in [0.25, 0.3) is 0 Å². The first kappa shape index (κ1) is 20.8. The number of nitrogens with two attached hydrogens (primary N) is 1. The van der Waals surface area contributed by atoms with Crippen LogP contribution in [0.4, 0.5) is 4.39 Å². The molecule has 0 aliphatic heterocycles. The molecule has 0 spiro atoms. The molecule has 26 heavy (non-hydrogen) atoms. The minimum Gasteiger partial charge on any atom is -0.334 e. The van der Waals surface area contributed by atoms with Gasteiger partial charge in [-0.3, -0.25) is 4.79 Å². The predicted octanol–water partition coefficient (Wildman–Crippen LogP) is 3.83. The zero-order valence-corrected chi connectivity index (χ0v) is 16.3. The minimum atomic E-state index is -0.234. The van der Waals surface area contributed by atoms with E-state index >= 15 is 0 Å². The number of nitrogens with zero attached hydrogens (tertiary/aromatic N) is 2. The van der Waals surface area contributed by atoms with Gasteiger partial charge in [-0.1, -0.05) is 25.0 Å². The smallest absolute Gasteiger partial charge is 0.273 e.